The van der Waals surface area contributed by atoms with Gasteiger partial charge in [-0.25, -0.2) is 4.79 Å². The van der Waals surface area contributed by atoms with Crippen LogP contribution in [0, 0.1) is 0 Å². The number of benzene rings is 1. The van der Waals surface area contributed by atoms with Crippen molar-refractivity contribution in [2.45, 2.75) is 12.5 Å². The largest absolute Gasteiger partial charge is 0.458 e. The van der Waals surface area contributed by atoms with Gasteiger partial charge in [-0.2, -0.15) is 0 Å². The molecule has 0 heterocycles. The smallest absolute Gasteiger partial charge is 0.338 e. The summed E-state index contributed by atoms with van der Waals surface area (Å²) in [6.07, 6.45) is 2.90. The number of hydrogen-bond donors (Lipinski definition) is 2. The molecule has 0 amide bonds. The Kier molecular flexibility index (Phi) is 5.99. The number of aliphatic hydroxyl groups excluding tert-OH is 2. The van der Waals surface area contributed by atoms with Crippen LogP contribution in [-0.2, 0) is 4.74 Å². The normalized spacial score (nSPS) is 12.6. The summed E-state index contributed by atoms with van der Waals surface area (Å²) in [5.41, 5.74) is 0.510. The van der Waals surface area contributed by atoms with E-state index in [1.165, 1.54) is 0 Å². The number of ether oxygens (including phenoxy) is 1. The second-order valence-electron chi connectivity index (χ2n) is 3.51. The van der Waals surface area contributed by atoms with Gasteiger partial charge in [-0.05, 0) is 18.6 Å². The summed E-state index contributed by atoms with van der Waals surface area (Å²) in [5, 5.41) is 17.6. The molecule has 0 aliphatic rings. The van der Waals surface area contributed by atoms with Gasteiger partial charge in [-0.15, -0.1) is 0 Å². The summed E-state index contributed by atoms with van der Waals surface area (Å²) < 4.78 is 4.97. The van der Waals surface area contributed by atoms with E-state index >= 15 is 0 Å². The first-order valence-electron chi connectivity index (χ1n) is 5.40. The fourth-order valence-corrected chi connectivity index (χ4v) is 1.18. The molecule has 0 unspecified atom stereocenters. The minimum Gasteiger partial charge on any atom is -0.458 e. The summed E-state index contributed by atoms with van der Waals surface area (Å²) in [7, 11) is 0. The van der Waals surface area contributed by atoms with E-state index < -0.39 is 6.10 Å². The van der Waals surface area contributed by atoms with Crippen molar-refractivity contribution >= 4 is 5.97 Å². The predicted octanol–water partition coefficient (Wildman–Crippen LogP) is 1.14. The number of carbonyl (C=O) groups is 1. The molecule has 0 aliphatic heterocycles. The molecule has 1 atom stereocenters. The molecule has 2 N–H and O–H groups in total. The highest BCUT2D eigenvalue weighted by Crippen LogP contribution is 2.01. The molecule has 17 heavy (non-hydrogen) atoms. The van der Waals surface area contributed by atoms with Gasteiger partial charge in [0.05, 0.1) is 18.3 Å². The Morgan fingerprint density at radius 3 is 2.65 bits per heavy atom. The summed E-state index contributed by atoms with van der Waals surface area (Å²) in [4.78, 5) is 11.5. The van der Waals surface area contributed by atoms with Crippen molar-refractivity contribution in [2.75, 3.05) is 13.2 Å². The fourth-order valence-electron chi connectivity index (χ4n) is 1.18. The highest BCUT2D eigenvalue weighted by atomic mass is 16.5. The van der Waals surface area contributed by atoms with E-state index in [4.69, 9.17) is 14.9 Å². The molecule has 0 saturated heterocycles. The second kappa shape index (κ2) is 7.60. The average Bonchev–Trinajstić information content (AvgIpc) is 2.38. The van der Waals surface area contributed by atoms with Crippen LogP contribution in [-0.4, -0.2) is 35.5 Å². The lowest BCUT2D eigenvalue weighted by molar-refractivity contribution is 0.0548. The quantitative estimate of drug-likeness (QED) is 0.574. The van der Waals surface area contributed by atoms with E-state index in [2.05, 4.69) is 0 Å². The molecule has 0 aliphatic carbocycles. The zero-order chi connectivity index (χ0) is 12.5. The molecule has 0 spiro atoms. The van der Waals surface area contributed by atoms with Crippen molar-refractivity contribution in [3.63, 3.8) is 0 Å². The Bertz CT molecular complexity index is 359. The highest BCUT2D eigenvalue weighted by molar-refractivity contribution is 5.89. The molecular formula is C13H16O4. The summed E-state index contributed by atoms with van der Waals surface area (Å²) in [6, 6.07) is 8.73. The van der Waals surface area contributed by atoms with Gasteiger partial charge in [0, 0.05) is 0 Å². The molecular weight excluding hydrogens is 220 g/mol. The van der Waals surface area contributed by atoms with E-state index in [1.807, 2.05) is 6.07 Å². The van der Waals surface area contributed by atoms with Gasteiger partial charge in [-0.3, -0.25) is 0 Å². The Morgan fingerprint density at radius 1 is 1.29 bits per heavy atom. The summed E-state index contributed by atoms with van der Waals surface area (Å²) in [6.45, 7) is -0.111. The molecule has 0 radical (unpaired) electrons. The van der Waals surface area contributed by atoms with Gasteiger partial charge >= 0.3 is 5.97 Å². The standard InChI is InChI=1S/C13H16O4/c14-10-12(15)8-4-5-9-17-13(16)11-6-2-1-3-7-11/h1-7,12,14-15H,8-10H2/b5-4+/t12-/m0/s1. The van der Waals surface area contributed by atoms with E-state index in [0.29, 0.717) is 12.0 Å². The predicted molar refractivity (Wildman–Crippen MR) is 63.6 cm³/mol. The number of hydrogen-bond acceptors (Lipinski definition) is 4. The van der Waals surface area contributed by atoms with Crippen molar-refractivity contribution in [3.05, 3.63) is 48.0 Å². The van der Waals surface area contributed by atoms with Crippen LogP contribution in [0.1, 0.15) is 16.8 Å². The maximum atomic E-state index is 11.5. The zero-order valence-electron chi connectivity index (χ0n) is 9.45. The van der Waals surface area contributed by atoms with Crippen LogP contribution >= 0.6 is 0 Å². The van der Waals surface area contributed by atoms with Crippen molar-refractivity contribution in [2.24, 2.45) is 0 Å². The lowest BCUT2D eigenvalue weighted by atomic mass is 10.2. The Morgan fingerprint density at radius 2 is 2.00 bits per heavy atom. The third kappa shape index (κ3) is 5.29. The molecule has 1 rings (SSSR count). The van der Waals surface area contributed by atoms with Gasteiger partial charge < -0.3 is 14.9 Å². The van der Waals surface area contributed by atoms with Crippen molar-refractivity contribution in [1.82, 2.24) is 0 Å². The fraction of sp³-hybridized carbons (Fsp3) is 0.308. The van der Waals surface area contributed by atoms with E-state index in [9.17, 15) is 4.79 Å². The second-order valence-corrected chi connectivity index (χ2v) is 3.51. The monoisotopic (exact) mass is 236 g/mol. The van der Waals surface area contributed by atoms with Crippen LogP contribution in [0.2, 0.25) is 0 Å². The van der Waals surface area contributed by atoms with Gasteiger partial charge in [-0.1, -0.05) is 30.4 Å². The van der Waals surface area contributed by atoms with Crippen molar-refractivity contribution in [3.8, 4) is 0 Å². The van der Waals surface area contributed by atoms with Gasteiger partial charge in [0.15, 0.2) is 0 Å². The third-order valence-corrected chi connectivity index (χ3v) is 2.11. The maximum absolute atomic E-state index is 11.5. The third-order valence-electron chi connectivity index (χ3n) is 2.11. The molecule has 0 aromatic heterocycles. The number of rotatable bonds is 6. The van der Waals surface area contributed by atoms with E-state index in [0.717, 1.165) is 0 Å². The number of aliphatic hydroxyl groups is 2. The van der Waals surface area contributed by atoms with Gasteiger partial charge in [0.1, 0.15) is 6.61 Å². The number of carbonyl (C=O) groups excluding carboxylic acids is 1. The SMILES string of the molecule is O=C(OC/C=C/C[C@H](O)CO)c1ccccc1. The first kappa shape index (κ1) is 13.4. The first-order valence-corrected chi connectivity index (χ1v) is 5.40. The molecule has 0 saturated carbocycles. The maximum Gasteiger partial charge on any atom is 0.338 e. The Labute approximate surface area is 100 Å². The van der Waals surface area contributed by atoms with Crippen molar-refractivity contribution in [1.29, 1.82) is 0 Å². The number of esters is 1. The molecule has 1 aromatic rings. The van der Waals surface area contributed by atoms with Gasteiger partial charge in [0.25, 0.3) is 0 Å². The van der Waals surface area contributed by atoms with E-state index in [-0.39, 0.29) is 19.2 Å². The van der Waals surface area contributed by atoms with Crippen molar-refractivity contribution < 1.29 is 19.7 Å². The van der Waals surface area contributed by atoms with Crippen LogP contribution < -0.4 is 0 Å². The molecule has 92 valence electrons. The van der Waals surface area contributed by atoms with Crippen LogP contribution in [0.25, 0.3) is 0 Å². The molecule has 4 nitrogen and oxygen atoms in total. The lowest BCUT2D eigenvalue weighted by Crippen LogP contribution is -2.10. The van der Waals surface area contributed by atoms with Crippen LogP contribution in [0.5, 0.6) is 0 Å². The minimum atomic E-state index is -0.754. The van der Waals surface area contributed by atoms with Crippen LogP contribution in [0.15, 0.2) is 42.5 Å². The Balaban J connectivity index is 2.25. The van der Waals surface area contributed by atoms with Gasteiger partial charge in [0.2, 0.25) is 0 Å². The first-order chi connectivity index (χ1) is 8.24. The van der Waals surface area contributed by atoms with Crippen LogP contribution in [0.3, 0.4) is 0 Å². The van der Waals surface area contributed by atoms with Crippen LogP contribution in [0.4, 0.5) is 0 Å². The lowest BCUT2D eigenvalue weighted by Gasteiger charge is -2.02. The molecule has 4 heteroatoms. The molecule has 1 aromatic carbocycles. The average molecular weight is 236 g/mol. The highest BCUT2D eigenvalue weighted by Gasteiger charge is 2.03. The summed E-state index contributed by atoms with van der Waals surface area (Å²) >= 11 is 0. The zero-order valence-corrected chi connectivity index (χ0v) is 9.45. The van der Waals surface area contributed by atoms with E-state index in [1.54, 1.807) is 36.4 Å². The Hall–Kier alpha value is -1.65. The minimum absolute atomic E-state index is 0.159. The topological polar surface area (TPSA) is 66.8 Å². The summed E-state index contributed by atoms with van der Waals surface area (Å²) in [5.74, 6) is -0.377. The molecule has 0 bridgehead atoms. The molecule has 0 fully saturated rings.